The molecule has 1 fully saturated rings. The van der Waals surface area contributed by atoms with E-state index in [0.29, 0.717) is 0 Å². The maximum atomic E-state index is 3.86. The average molecular weight is 180 g/mol. The lowest BCUT2D eigenvalue weighted by Crippen LogP contribution is -2.14. The van der Waals surface area contributed by atoms with Crippen LogP contribution in [0.4, 0.5) is 5.82 Å². The van der Waals surface area contributed by atoms with Crippen molar-refractivity contribution in [2.24, 2.45) is 18.9 Å². The van der Waals surface area contributed by atoms with Crippen LogP contribution in [0.15, 0.2) is 6.20 Å². The zero-order valence-electron chi connectivity index (χ0n) is 8.20. The molecule has 0 spiro atoms. The van der Waals surface area contributed by atoms with Crippen molar-refractivity contribution in [1.82, 2.24) is 15.0 Å². The van der Waals surface area contributed by atoms with Crippen molar-refractivity contribution in [1.29, 1.82) is 0 Å². The van der Waals surface area contributed by atoms with Gasteiger partial charge in [0.2, 0.25) is 0 Å². The second-order valence-electron chi connectivity index (χ2n) is 3.94. The topological polar surface area (TPSA) is 42.7 Å². The fourth-order valence-electron chi connectivity index (χ4n) is 1.55. The molecule has 0 bridgehead atoms. The minimum atomic E-state index is 0.773. The molecule has 0 amide bonds. The van der Waals surface area contributed by atoms with Crippen molar-refractivity contribution in [3.8, 4) is 0 Å². The molecular formula is C9H16N4. The third-order valence-corrected chi connectivity index (χ3v) is 2.75. The molecule has 4 nitrogen and oxygen atoms in total. The Hall–Kier alpha value is -1.06. The van der Waals surface area contributed by atoms with Gasteiger partial charge >= 0.3 is 0 Å². The second-order valence-corrected chi connectivity index (χ2v) is 3.94. The molecular weight excluding hydrogens is 164 g/mol. The van der Waals surface area contributed by atoms with Gasteiger partial charge in [0, 0.05) is 13.6 Å². The fraction of sp³-hybridized carbons (Fsp3) is 0.778. The van der Waals surface area contributed by atoms with Crippen molar-refractivity contribution in [3.05, 3.63) is 6.20 Å². The van der Waals surface area contributed by atoms with E-state index in [1.54, 1.807) is 10.9 Å². The standard InChI is InChI=1S/C9H16N4/c1-7(8-3-4-8)5-10-9-6-11-12-13(9)2/h6-8,10H,3-5H2,1-2H3. The van der Waals surface area contributed by atoms with E-state index in [9.17, 15) is 0 Å². The van der Waals surface area contributed by atoms with Crippen molar-refractivity contribution in [2.45, 2.75) is 19.8 Å². The summed E-state index contributed by atoms with van der Waals surface area (Å²) in [7, 11) is 1.90. The summed E-state index contributed by atoms with van der Waals surface area (Å²) in [6.07, 6.45) is 4.58. The van der Waals surface area contributed by atoms with Crippen molar-refractivity contribution >= 4 is 5.82 Å². The molecule has 1 heterocycles. The Balaban J connectivity index is 1.81. The van der Waals surface area contributed by atoms with E-state index < -0.39 is 0 Å². The molecule has 1 unspecified atom stereocenters. The summed E-state index contributed by atoms with van der Waals surface area (Å²) in [6.45, 7) is 3.33. The van der Waals surface area contributed by atoms with Gasteiger partial charge in [-0.1, -0.05) is 12.1 Å². The number of anilines is 1. The fourth-order valence-corrected chi connectivity index (χ4v) is 1.55. The summed E-state index contributed by atoms with van der Waals surface area (Å²) in [6, 6.07) is 0. The van der Waals surface area contributed by atoms with Crippen LogP contribution < -0.4 is 5.32 Å². The van der Waals surface area contributed by atoms with E-state index in [1.165, 1.54) is 12.8 Å². The lowest BCUT2D eigenvalue weighted by Gasteiger charge is -2.11. The number of aryl methyl sites for hydroxylation is 1. The van der Waals surface area contributed by atoms with E-state index in [-0.39, 0.29) is 0 Å². The Kier molecular flexibility index (Phi) is 2.20. The molecule has 1 saturated carbocycles. The summed E-state index contributed by atoms with van der Waals surface area (Å²) in [4.78, 5) is 0. The third-order valence-electron chi connectivity index (χ3n) is 2.75. The molecule has 4 heteroatoms. The van der Waals surface area contributed by atoms with E-state index in [4.69, 9.17) is 0 Å². The van der Waals surface area contributed by atoms with Gasteiger partial charge in [0.05, 0.1) is 6.20 Å². The molecule has 0 aliphatic heterocycles. The molecule has 72 valence electrons. The van der Waals surface area contributed by atoms with Gasteiger partial charge in [-0.3, -0.25) is 0 Å². The first-order chi connectivity index (χ1) is 6.27. The summed E-state index contributed by atoms with van der Waals surface area (Å²) in [5.41, 5.74) is 0. The van der Waals surface area contributed by atoms with E-state index in [0.717, 1.165) is 24.2 Å². The van der Waals surface area contributed by atoms with Crippen molar-refractivity contribution in [2.75, 3.05) is 11.9 Å². The van der Waals surface area contributed by atoms with Crippen LogP contribution in [0.1, 0.15) is 19.8 Å². The first kappa shape index (κ1) is 8.53. The number of nitrogens with one attached hydrogen (secondary N) is 1. The van der Waals surface area contributed by atoms with Crippen LogP contribution in [-0.2, 0) is 7.05 Å². The van der Waals surface area contributed by atoms with E-state index >= 15 is 0 Å². The minimum absolute atomic E-state index is 0.773. The van der Waals surface area contributed by atoms with Gasteiger partial charge in [-0.05, 0) is 24.7 Å². The first-order valence-electron chi connectivity index (χ1n) is 4.86. The van der Waals surface area contributed by atoms with Crippen molar-refractivity contribution < 1.29 is 0 Å². The predicted molar refractivity (Wildman–Crippen MR) is 51.4 cm³/mol. The van der Waals surface area contributed by atoms with Gasteiger partial charge in [0.1, 0.15) is 5.82 Å². The summed E-state index contributed by atoms with van der Waals surface area (Å²) in [5.74, 6) is 2.73. The molecule has 1 aliphatic carbocycles. The van der Waals surface area contributed by atoms with Gasteiger partial charge in [0.25, 0.3) is 0 Å². The van der Waals surface area contributed by atoms with Gasteiger partial charge in [0.15, 0.2) is 0 Å². The normalized spacial score (nSPS) is 18.6. The van der Waals surface area contributed by atoms with Gasteiger partial charge in [-0.25, -0.2) is 4.68 Å². The van der Waals surface area contributed by atoms with Crippen LogP contribution in [0.2, 0.25) is 0 Å². The Morgan fingerprint density at radius 3 is 3.00 bits per heavy atom. The molecule has 1 N–H and O–H groups in total. The summed E-state index contributed by atoms with van der Waals surface area (Å²) in [5, 5.41) is 11.0. The Labute approximate surface area is 78.3 Å². The lowest BCUT2D eigenvalue weighted by atomic mass is 10.1. The molecule has 1 aromatic rings. The minimum Gasteiger partial charge on any atom is -0.369 e. The highest BCUT2D eigenvalue weighted by Gasteiger charge is 2.27. The largest absolute Gasteiger partial charge is 0.369 e. The van der Waals surface area contributed by atoms with Crippen LogP contribution >= 0.6 is 0 Å². The monoisotopic (exact) mass is 180 g/mol. The predicted octanol–water partition coefficient (Wildman–Crippen LogP) is 1.27. The number of hydrogen-bond donors (Lipinski definition) is 1. The summed E-state index contributed by atoms with van der Waals surface area (Å²) < 4.78 is 1.76. The molecule has 13 heavy (non-hydrogen) atoms. The number of hydrogen-bond acceptors (Lipinski definition) is 3. The molecule has 0 saturated heterocycles. The highest BCUT2D eigenvalue weighted by atomic mass is 15.4. The van der Waals surface area contributed by atoms with E-state index in [1.807, 2.05) is 7.05 Å². The van der Waals surface area contributed by atoms with Crippen LogP contribution in [0.5, 0.6) is 0 Å². The van der Waals surface area contributed by atoms with Gasteiger partial charge < -0.3 is 5.32 Å². The number of nitrogens with zero attached hydrogens (tertiary/aromatic N) is 3. The zero-order chi connectivity index (χ0) is 9.26. The lowest BCUT2D eigenvalue weighted by molar-refractivity contribution is 0.534. The Morgan fingerprint density at radius 1 is 1.69 bits per heavy atom. The third kappa shape index (κ3) is 1.99. The highest BCUT2D eigenvalue weighted by molar-refractivity contribution is 5.30. The SMILES string of the molecule is CC(CNc1cnnn1C)C1CC1. The molecule has 1 atom stereocenters. The van der Waals surface area contributed by atoms with Crippen LogP contribution in [0.3, 0.4) is 0 Å². The van der Waals surface area contributed by atoms with Crippen molar-refractivity contribution in [3.63, 3.8) is 0 Å². The number of rotatable bonds is 4. The maximum Gasteiger partial charge on any atom is 0.144 e. The highest BCUT2D eigenvalue weighted by Crippen LogP contribution is 2.36. The van der Waals surface area contributed by atoms with Crippen LogP contribution in [-0.4, -0.2) is 21.5 Å². The summed E-state index contributed by atoms with van der Waals surface area (Å²) >= 11 is 0. The average Bonchev–Trinajstić information content (AvgIpc) is 2.88. The zero-order valence-corrected chi connectivity index (χ0v) is 8.20. The smallest absolute Gasteiger partial charge is 0.144 e. The second kappa shape index (κ2) is 3.36. The maximum absolute atomic E-state index is 3.86. The Morgan fingerprint density at radius 2 is 2.46 bits per heavy atom. The number of aromatic nitrogens is 3. The van der Waals surface area contributed by atoms with Gasteiger partial charge in [-0.2, -0.15) is 0 Å². The molecule has 0 radical (unpaired) electrons. The van der Waals surface area contributed by atoms with Crippen LogP contribution in [0.25, 0.3) is 0 Å². The molecule has 0 aromatic carbocycles. The quantitative estimate of drug-likeness (QED) is 0.758. The molecule has 1 aliphatic rings. The molecule has 1 aromatic heterocycles. The Bertz CT molecular complexity index is 277. The van der Waals surface area contributed by atoms with Crippen LogP contribution in [0, 0.1) is 11.8 Å². The van der Waals surface area contributed by atoms with Gasteiger partial charge in [-0.15, -0.1) is 5.10 Å². The molecule has 2 rings (SSSR count). The van der Waals surface area contributed by atoms with E-state index in [2.05, 4.69) is 22.6 Å². The first-order valence-corrected chi connectivity index (χ1v) is 4.86.